The van der Waals surface area contributed by atoms with E-state index in [1.165, 1.54) is 0 Å². The predicted molar refractivity (Wildman–Crippen MR) is 81.4 cm³/mol. The molecule has 6 nitrogen and oxygen atoms in total. The lowest BCUT2D eigenvalue weighted by Crippen LogP contribution is -2.42. The summed E-state index contributed by atoms with van der Waals surface area (Å²) in [6.45, 7) is 8.47. The van der Waals surface area contributed by atoms with Crippen molar-refractivity contribution in [3.63, 3.8) is 0 Å². The molecular weight excluding hydrogens is 276 g/mol. The number of anilines is 1. The van der Waals surface area contributed by atoms with Gasteiger partial charge in [0.05, 0.1) is 0 Å². The van der Waals surface area contributed by atoms with Crippen LogP contribution in [0.25, 0.3) is 0 Å². The number of nitrogens with zero attached hydrogens (tertiary/aromatic N) is 2. The fourth-order valence-corrected chi connectivity index (χ4v) is 3.43. The van der Waals surface area contributed by atoms with E-state index in [9.17, 15) is 8.42 Å². The molecule has 0 aromatic carbocycles. The number of nitrogens with one attached hydrogen (secondary N) is 2. The van der Waals surface area contributed by atoms with E-state index >= 15 is 0 Å². The number of likely N-dealkylation sites (N-methyl/N-ethyl adjacent to an activating group) is 1. The Morgan fingerprint density at radius 1 is 1.35 bits per heavy atom. The SMILES string of the molecule is CCN(CC)CC(C)NS(=O)(=O)c1cccnc1NC. The van der Waals surface area contributed by atoms with Gasteiger partial charge in [0.25, 0.3) is 0 Å². The Kier molecular flexibility index (Phi) is 6.38. The first-order valence-electron chi connectivity index (χ1n) is 6.82. The summed E-state index contributed by atoms with van der Waals surface area (Å²) in [4.78, 5) is 6.37. The second-order valence-electron chi connectivity index (χ2n) is 4.61. The molecule has 0 radical (unpaired) electrons. The molecule has 1 aromatic heterocycles. The van der Waals surface area contributed by atoms with E-state index in [1.54, 1.807) is 25.4 Å². The molecule has 1 aromatic rings. The molecule has 0 saturated heterocycles. The third kappa shape index (κ3) is 4.43. The molecule has 1 heterocycles. The number of aromatic nitrogens is 1. The molecule has 0 bridgehead atoms. The van der Waals surface area contributed by atoms with Crippen LogP contribution in [0.3, 0.4) is 0 Å². The van der Waals surface area contributed by atoms with Gasteiger partial charge in [-0.2, -0.15) is 0 Å². The van der Waals surface area contributed by atoms with Crippen molar-refractivity contribution in [3.8, 4) is 0 Å². The van der Waals surface area contributed by atoms with Gasteiger partial charge in [-0.1, -0.05) is 13.8 Å². The summed E-state index contributed by atoms with van der Waals surface area (Å²) in [7, 11) is -1.91. The topological polar surface area (TPSA) is 74.3 Å². The molecule has 0 saturated carbocycles. The first-order valence-corrected chi connectivity index (χ1v) is 8.30. The van der Waals surface area contributed by atoms with Crippen molar-refractivity contribution in [3.05, 3.63) is 18.3 Å². The molecule has 7 heteroatoms. The Morgan fingerprint density at radius 2 is 2.00 bits per heavy atom. The molecule has 20 heavy (non-hydrogen) atoms. The van der Waals surface area contributed by atoms with Gasteiger partial charge in [0, 0.05) is 25.8 Å². The van der Waals surface area contributed by atoms with Crippen LogP contribution >= 0.6 is 0 Å². The van der Waals surface area contributed by atoms with Crippen LogP contribution in [-0.2, 0) is 10.0 Å². The lowest BCUT2D eigenvalue weighted by molar-refractivity contribution is 0.282. The van der Waals surface area contributed by atoms with Crippen LogP contribution in [0.4, 0.5) is 5.82 Å². The van der Waals surface area contributed by atoms with Crippen LogP contribution in [0.5, 0.6) is 0 Å². The molecule has 0 fully saturated rings. The van der Waals surface area contributed by atoms with Gasteiger partial charge in [0.15, 0.2) is 0 Å². The van der Waals surface area contributed by atoms with Crippen molar-refractivity contribution < 1.29 is 8.42 Å². The summed E-state index contributed by atoms with van der Waals surface area (Å²) < 4.78 is 27.4. The van der Waals surface area contributed by atoms with E-state index in [-0.39, 0.29) is 10.9 Å². The van der Waals surface area contributed by atoms with Crippen molar-refractivity contribution in [2.45, 2.75) is 31.7 Å². The molecule has 1 atom stereocenters. The fraction of sp³-hybridized carbons (Fsp3) is 0.615. The number of rotatable bonds is 8. The predicted octanol–water partition coefficient (Wildman–Crippen LogP) is 1.13. The molecule has 0 spiro atoms. The van der Waals surface area contributed by atoms with E-state index in [4.69, 9.17) is 0 Å². The van der Waals surface area contributed by atoms with Gasteiger partial charge in [-0.25, -0.2) is 18.1 Å². The highest BCUT2D eigenvalue weighted by Gasteiger charge is 2.21. The first kappa shape index (κ1) is 16.9. The molecule has 1 unspecified atom stereocenters. The lowest BCUT2D eigenvalue weighted by atomic mass is 10.3. The first-order chi connectivity index (χ1) is 9.44. The van der Waals surface area contributed by atoms with Crippen LogP contribution in [0, 0.1) is 0 Å². The van der Waals surface area contributed by atoms with E-state index in [1.807, 2.05) is 6.92 Å². The highest BCUT2D eigenvalue weighted by atomic mass is 32.2. The summed E-state index contributed by atoms with van der Waals surface area (Å²) in [5.74, 6) is 0.357. The van der Waals surface area contributed by atoms with E-state index in [0.717, 1.165) is 13.1 Å². The Balaban J connectivity index is 2.84. The quantitative estimate of drug-likeness (QED) is 0.753. The minimum absolute atomic E-state index is 0.162. The third-order valence-corrected chi connectivity index (χ3v) is 4.70. The Hall–Kier alpha value is -1.18. The maximum Gasteiger partial charge on any atom is 0.244 e. The zero-order valence-corrected chi connectivity index (χ0v) is 13.4. The normalized spacial score (nSPS) is 13.4. The summed E-state index contributed by atoms with van der Waals surface area (Å²) in [6.07, 6.45) is 1.56. The van der Waals surface area contributed by atoms with E-state index in [0.29, 0.717) is 12.4 Å². The summed E-state index contributed by atoms with van der Waals surface area (Å²) in [5, 5.41) is 2.80. The maximum atomic E-state index is 12.4. The van der Waals surface area contributed by atoms with Gasteiger partial charge >= 0.3 is 0 Å². The molecule has 1 rings (SSSR count). The average molecular weight is 300 g/mol. The second kappa shape index (κ2) is 7.56. The third-order valence-electron chi connectivity index (χ3n) is 3.08. The maximum absolute atomic E-state index is 12.4. The van der Waals surface area contributed by atoms with Crippen molar-refractivity contribution in [1.29, 1.82) is 0 Å². The molecule has 0 aliphatic rings. The molecular formula is C13H24N4O2S. The van der Waals surface area contributed by atoms with Crippen molar-refractivity contribution in [2.24, 2.45) is 0 Å². The zero-order valence-electron chi connectivity index (χ0n) is 12.5. The van der Waals surface area contributed by atoms with Gasteiger partial charge in [0.1, 0.15) is 10.7 Å². The number of pyridine rings is 1. The monoisotopic (exact) mass is 300 g/mol. The standard InChI is InChI=1S/C13H24N4O2S/c1-5-17(6-2)10-11(3)16-20(18,19)12-8-7-9-15-13(12)14-4/h7-9,11,16H,5-6,10H2,1-4H3,(H,14,15). The van der Waals surface area contributed by atoms with Crippen molar-refractivity contribution >= 4 is 15.8 Å². The minimum atomic E-state index is -3.57. The van der Waals surface area contributed by atoms with Gasteiger partial charge < -0.3 is 10.2 Å². The van der Waals surface area contributed by atoms with Crippen LogP contribution < -0.4 is 10.0 Å². The lowest BCUT2D eigenvalue weighted by Gasteiger charge is -2.23. The highest BCUT2D eigenvalue weighted by molar-refractivity contribution is 7.89. The van der Waals surface area contributed by atoms with Crippen LogP contribution in [-0.4, -0.2) is 51.0 Å². The summed E-state index contributed by atoms with van der Waals surface area (Å²) in [5.41, 5.74) is 0. The average Bonchev–Trinajstić information content (AvgIpc) is 2.44. The van der Waals surface area contributed by atoms with Gasteiger partial charge in [-0.3, -0.25) is 0 Å². The van der Waals surface area contributed by atoms with Crippen molar-refractivity contribution in [2.75, 3.05) is 32.0 Å². The Labute approximate surface area is 121 Å². The highest BCUT2D eigenvalue weighted by Crippen LogP contribution is 2.17. The molecule has 114 valence electrons. The number of hydrogen-bond donors (Lipinski definition) is 2. The van der Waals surface area contributed by atoms with Crippen molar-refractivity contribution in [1.82, 2.24) is 14.6 Å². The molecule has 0 aliphatic carbocycles. The molecule has 2 N–H and O–H groups in total. The second-order valence-corrected chi connectivity index (χ2v) is 6.29. The zero-order chi connectivity index (χ0) is 15.2. The number of sulfonamides is 1. The van der Waals surface area contributed by atoms with Crippen LogP contribution in [0.15, 0.2) is 23.2 Å². The fourth-order valence-electron chi connectivity index (χ4n) is 2.03. The van der Waals surface area contributed by atoms with Gasteiger partial charge in [-0.15, -0.1) is 0 Å². The minimum Gasteiger partial charge on any atom is -0.372 e. The smallest absolute Gasteiger partial charge is 0.244 e. The van der Waals surface area contributed by atoms with Crippen LogP contribution in [0.1, 0.15) is 20.8 Å². The van der Waals surface area contributed by atoms with E-state index < -0.39 is 10.0 Å². The Bertz CT molecular complexity index is 515. The van der Waals surface area contributed by atoms with Crippen LogP contribution in [0.2, 0.25) is 0 Å². The largest absolute Gasteiger partial charge is 0.372 e. The molecule has 0 amide bonds. The summed E-state index contributed by atoms with van der Waals surface area (Å²) >= 11 is 0. The van der Waals surface area contributed by atoms with E-state index in [2.05, 4.69) is 33.8 Å². The van der Waals surface area contributed by atoms with Gasteiger partial charge in [0.2, 0.25) is 10.0 Å². The Morgan fingerprint density at radius 3 is 2.55 bits per heavy atom. The number of hydrogen-bond acceptors (Lipinski definition) is 5. The summed E-state index contributed by atoms with van der Waals surface area (Å²) in [6, 6.07) is 3.00. The molecule has 0 aliphatic heterocycles. The van der Waals surface area contributed by atoms with Gasteiger partial charge in [-0.05, 0) is 32.1 Å².